The van der Waals surface area contributed by atoms with Gasteiger partial charge in [0.05, 0.1) is 10.1 Å². The summed E-state index contributed by atoms with van der Waals surface area (Å²) in [5.74, 6) is -0.437. The first-order valence-corrected chi connectivity index (χ1v) is 10.4. The van der Waals surface area contributed by atoms with Gasteiger partial charge in [0.25, 0.3) is 0 Å². The third-order valence-electron chi connectivity index (χ3n) is 4.96. The summed E-state index contributed by atoms with van der Waals surface area (Å²) in [4.78, 5) is 12.3. The Labute approximate surface area is 161 Å². The molecule has 0 bridgehead atoms. The van der Waals surface area contributed by atoms with Crippen molar-refractivity contribution in [1.82, 2.24) is 5.32 Å². The molecular formula is C18H28ClFN2O3S. The first-order chi connectivity index (χ1) is 11.8. The Balaban J connectivity index is 0.00000338. The van der Waals surface area contributed by atoms with Crippen LogP contribution in [0.5, 0.6) is 0 Å². The Morgan fingerprint density at radius 2 is 1.81 bits per heavy atom. The molecule has 1 aliphatic carbocycles. The molecule has 3 N–H and O–H groups in total. The van der Waals surface area contributed by atoms with Gasteiger partial charge < -0.3 is 11.1 Å². The highest BCUT2D eigenvalue weighted by atomic mass is 35.5. The molecule has 2 rings (SSSR count). The summed E-state index contributed by atoms with van der Waals surface area (Å²) < 4.78 is 38.0. The van der Waals surface area contributed by atoms with Crippen LogP contribution in [0.4, 0.5) is 4.39 Å². The van der Waals surface area contributed by atoms with E-state index in [0.717, 1.165) is 37.8 Å². The normalized spacial score (nSPS) is 17.8. The summed E-state index contributed by atoms with van der Waals surface area (Å²) in [5.41, 5.74) is 5.81. The highest BCUT2D eigenvalue weighted by molar-refractivity contribution is 7.92. The minimum absolute atomic E-state index is 0. The van der Waals surface area contributed by atoms with Crippen molar-refractivity contribution in [2.45, 2.75) is 61.6 Å². The lowest BCUT2D eigenvalue weighted by atomic mass is 9.84. The van der Waals surface area contributed by atoms with E-state index in [-0.39, 0.29) is 35.7 Å². The van der Waals surface area contributed by atoms with Gasteiger partial charge in [-0.15, -0.1) is 12.4 Å². The Kier molecular flexibility index (Phi) is 9.00. The maximum Gasteiger partial charge on any atom is 0.221 e. The van der Waals surface area contributed by atoms with Gasteiger partial charge in [-0.25, -0.2) is 12.8 Å². The van der Waals surface area contributed by atoms with Crippen LogP contribution in [0.1, 0.15) is 45.4 Å². The second-order valence-corrected chi connectivity index (χ2v) is 9.19. The summed E-state index contributed by atoms with van der Waals surface area (Å²) in [7, 11) is -3.68. The molecule has 26 heavy (non-hydrogen) atoms. The molecule has 2 atom stereocenters. The van der Waals surface area contributed by atoms with Crippen LogP contribution >= 0.6 is 12.4 Å². The Hall–Kier alpha value is -1.18. The summed E-state index contributed by atoms with van der Waals surface area (Å²) in [6, 6.07) is 4.56. The van der Waals surface area contributed by atoms with Crippen molar-refractivity contribution in [3.05, 3.63) is 30.1 Å². The van der Waals surface area contributed by atoms with E-state index in [0.29, 0.717) is 12.5 Å². The number of nitrogens with two attached hydrogens (primary N) is 1. The first-order valence-electron chi connectivity index (χ1n) is 8.83. The molecule has 1 aromatic rings. The molecule has 0 spiro atoms. The number of hydrogen-bond donors (Lipinski definition) is 2. The average molecular weight is 407 g/mol. The van der Waals surface area contributed by atoms with E-state index in [2.05, 4.69) is 5.32 Å². The van der Waals surface area contributed by atoms with Crippen molar-refractivity contribution in [1.29, 1.82) is 0 Å². The summed E-state index contributed by atoms with van der Waals surface area (Å²) in [6.45, 7) is 1.85. The number of amides is 1. The van der Waals surface area contributed by atoms with E-state index in [1.54, 1.807) is 0 Å². The highest BCUT2D eigenvalue weighted by Gasteiger charge is 2.28. The van der Waals surface area contributed by atoms with Crippen molar-refractivity contribution in [3.8, 4) is 0 Å². The van der Waals surface area contributed by atoms with Crippen molar-refractivity contribution in [2.24, 2.45) is 11.7 Å². The standard InChI is InChI=1S/C18H27FN2O3S.ClH/c1-13(25(23,24)16-9-7-15(19)8-10-16)11-18(22)21-17(12-20)14-5-3-2-4-6-14;/h7-10,13-14,17H,2-6,11-12,20H2,1H3,(H,21,22);1H. The predicted octanol–water partition coefficient (Wildman–Crippen LogP) is 2.82. The van der Waals surface area contributed by atoms with Gasteiger partial charge in [-0.05, 0) is 49.9 Å². The van der Waals surface area contributed by atoms with E-state index in [1.165, 1.54) is 25.5 Å². The van der Waals surface area contributed by atoms with Gasteiger partial charge in [0.2, 0.25) is 5.91 Å². The Morgan fingerprint density at radius 3 is 2.35 bits per heavy atom. The van der Waals surface area contributed by atoms with Gasteiger partial charge in [0, 0.05) is 19.0 Å². The van der Waals surface area contributed by atoms with Crippen molar-refractivity contribution >= 4 is 28.2 Å². The number of hydrogen-bond acceptors (Lipinski definition) is 4. The molecule has 1 fully saturated rings. The third kappa shape index (κ3) is 5.93. The first kappa shape index (κ1) is 22.9. The molecule has 148 valence electrons. The molecule has 0 radical (unpaired) electrons. The summed E-state index contributed by atoms with van der Waals surface area (Å²) >= 11 is 0. The SMILES string of the molecule is CC(CC(=O)NC(CN)C1CCCCC1)S(=O)(=O)c1ccc(F)cc1.Cl. The largest absolute Gasteiger partial charge is 0.352 e. The highest BCUT2D eigenvalue weighted by Crippen LogP contribution is 2.26. The van der Waals surface area contributed by atoms with Crippen LogP contribution in [0, 0.1) is 11.7 Å². The number of halogens is 2. The van der Waals surface area contributed by atoms with E-state index in [4.69, 9.17) is 5.73 Å². The molecule has 0 heterocycles. The molecule has 2 unspecified atom stereocenters. The van der Waals surface area contributed by atoms with E-state index in [9.17, 15) is 17.6 Å². The Bertz CT molecular complexity index is 676. The molecule has 0 saturated heterocycles. The number of carbonyl (C=O) groups excluding carboxylic acids is 1. The zero-order valence-electron chi connectivity index (χ0n) is 15.0. The van der Waals surface area contributed by atoms with Gasteiger partial charge in [-0.1, -0.05) is 19.3 Å². The molecule has 5 nitrogen and oxygen atoms in total. The molecule has 1 aromatic carbocycles. The number of sulfone groups is 1. The summed E-state index contributed by atoms with van der Waals surface area (Å²) in [5, 5.41) is 2.03. The third-order valence-corrected chi connectivity index (χ3v) is 7.12. The number of carbonyl (C=O) groups is 1. The fourth-order valence-corrected chi connectivity index (χ4v) is 4.75. The molecule has 0 aromatic heterocycles. The topological polar surface area (TPSA) is 89.3 Å². The quantitative estimate of drug-likeness (QED) is 0.681. The second-order valence-electron chi connectivity index (χ2n) is 6.82. The van der Waals surface area contributed by atoms with Crippen LogP contribution in [0.2, 0.25) is 0 Å². The van der Waals surface area contributed by atoms with Gasteiger partial charge >= 0.3 is 0 Å². The van der Waals surface area contributed by atoms with Crippen LogP contribution in [-0.4, -0.2) is 32.2 Å². The molecule has 1 saturated carbocycles. The number of nitrogens with one attached hydrogen (secondary N) is 1. The lowest BCUT2D eigenvalue weighted by Crippen LogP contribution is -2.46. The van der Waals surface area contributed by atoms with E-state index < -0.39 is 20.9 Å². The Morgan fingerprint density at radius 1 is 1.23 bits per heavy atom. The molecular weight excluding hydrogens is 379 g/mol. The smallest absolute Gasteiger partial charge is 0.221 e. The van der Waals surface area contributed by atoms with Gasteiger partial charge in [-0.2, -0.15) is 0 Å². The molecule has 1 amide bonds. The zero-order valence-corrected chi connectivity index (χ0v) is 16.6. The van der Waals surface area contributed by atoms with Crippen molar-refractivity contribution in [3.63, 3.8) is 0 Å². The van der Waals surface area contributed by atoms with E-state index >= 15 is 0 Å². The lowest BCUT2D eigenvalue weighted by molar-refractivity contribution is -0.122. The fraction of sp³-hybridized carbons (Fsp3) is 0.611. The van der Waals surface area contributed by atoms with Crippen molar-refractivity contribution in [2.75, 3.05) is 6.54 Å². The minimum atomic E-state index is -3.68. The maximum absolute atomic E-state index is 13.0. The minimum Gasteiger partial charge on any atom is -0.352 e. The van der Waals surface area contributed by atoms with Crippen LogP contribution in [0.3, 0.4) is 0 Å². The molecule has 1 aliphatic rings. The number of rotatable bonds is 7. The monoisotopic (exact) mass is 406 g/mol. The number of benzene rings is 1. The average Bonchev–Trinajstić information content (AvgIpc) is 2.60. The van der Waals surface area contributed by atoms with Crippen LogP contribution in [-0.2, 0) is 14.6 Å². The summed E-state index contributed by atoms with van der Waals surface area (Å²) in [6.07, 6.45) is 5.47. The van der Waals surface area contributed by atoms with Crippen LogP contribution < -0.4 is 11.1 Å². The van der Waals surface area contributed by atoms with E-state index in [1.807, 2.05) is 0 Å². The molecule has 8 heteroatoms. The van der Waals surface area contributed by atoms with Gasteiger partial charge in [0.15, 0.2) is 9.84 Å². The molecule has 0 aliphatic heterocycles. The predicted molar refractivity (Wildman–Crippen MR) is 102 cm³/mol. The van der Waals surface area contributed by atoms with Crippen molar-refractivity contribution < 1.29 is 17.6 Å². The van der Waals surface area contributed by atoms with Crippen LogP contribution in [0.25, 0.3) is 0 Å². The van der Waals surface area contributed by atoms with Gasteiger partial charge in [0.1, 0.15) is 5.82 Å². The van der Waals surface area contributed by atoms with Gasteiger partial charge in [-0.3, -0.25) is 4.79 Å². The fourth-order valence-electron chi connectivity index (χ4n) is 3.40. The second kappa shape index (κ2) is 10.2. The maximum atomic E-state index is 13.0. The van der Waals surface area contributed by atoms with Crippen LogP contribution in [0.15, 0.2) is 29.2 Å². The lowest BCUT2D eigenvalue weighted by Gasteiger charge is -2.30. The zero-order chi connectivity index (χ0) is 18.4.